The molecule has 0 atom stereocenters. The average Bonchev–Trinajstić information content (AvgIpc) is 3.15. The third-order valence-electron chi connectivity index (χ3n) is 5.05. The van der Waals surface area contributed by atoms with Crippen molar-refractivity contribution in [3.05, 3.63) is 35.8 Å². The molecule has 2 amide bonds. The number of amides is 2. The van der Waals surface area contributed by atoms with Crippen molar-refractivity contribution in [1.82, 2.24) is 4.98 Å². The first-order valence-corrected chi connectivity index (χ1v) is 10.5. The smallest absolute Gasteiger partial charge is 0.404 e. The summed E-state index contributed by atoms with van der Waals surface area (Å²) in [6.45, 7) is 0. The second-order valence-corrected chi connectivity index (χ2v) is 8.29. The highest BCUT2D eigenvalue weighted by Gasteiger charge is 2.37. The van der Waals surface area contributed by atoms with Crippen LogP contribution in [0.2, 0.25) is 0 Å². The van der Waals surface area contributed by atoms with Crippen molar-refractivity contribution in [3.63, 3.8) is 0 Å². The van der Waals surface area contributed by atoms with Gasteiger partial charge in [0.2, 0.25) is 11.8 Å². The van der Waals surface area contributed by atoms with Crippen molar-refractivity contribution in [2.24, 2.45) is 5.41 Å². The Morgan fingerprint density at radius 3 is 2.37 bits per heavy atom. The molecule has 1 aliphatic carbocycles. The zero-order valence-electron chi connectivity index (χ0n) is 16.1. The van der Waals surface area contributed by atoms with Crippen molar-refractivity contribution in [2.45, 2.75) is 51.3 Å². The van der Waals surface area contributed by atoms with Crippen LogP contribution in [0.5, 0.6) is 5.75 Å². The zero-order chi connectivity index (χ0) is 21.6. The molecule has 1 fully saturated rings. The van der Waals surface area contributed by atoms with Crippen molar-refractivity contribution in [1.29, 1.82) is 0 Å². The standard InChI is InChI=1S/C20H22F3N3O3S/c21-20(22,23)29-15-7-3-2-6-14(15)25-16(27)12-19(8-4-1-5-9-19)13-17(28)26-18-24-10-11-30-18/h2-3,6-7,10-11H,1,4-5,8-9,12-13H2,(H,25,27)(H,24,26,28). The van der Waals surface area contributed by atoms with E-state index in [1.807, 2.05) is 0 Å². The second-order valence-electron chi connectivity index (χ2n) is 7.39. The Labute approximate surface area is 175 Å². The van der Waals surface area contributed by atoms with Crippen molar-refractivity contribution >= 4 is 34.0 Å². The van der Waals surface area contributed by atoms with E-state index in [1.165, 1.54) is 29.5 Å². The van der Waals surface area contributed by atoms with Crippen molar-refractivity contribution < 1.29 is 27.5 Å². The molecular formula is C20H22F3N3O3S. The highest BCUT2D eigenvalue weighted by atomic mass is 32.1. The minimum Gasteiger partial charge on any atom is -0.404 e. The molecule has 1 aliphatic rings. The van der Waals surface area contributed by atoms with Gasteiger partial charge in [-0.2, -0.15) is 0 Å². The summed E-state index contributed by atoms with van der Waals surface area (Å²) in [7, 11) is 0. The van der Waals surface area contributed by atoms with E-state index in [0.717, 1.165) is 25.3 Å². The molecule has 1 heterocycles. The molecule has 2 aromatic rings. The normalized spacial score (nSPS) is 16.0. The summed E-state index contributed by atoms with van der Waals surface area (Å²) in [5, 5.41) is 7.51. The van der Waals surface area contributed by atoms with Crippen LogP contribution in [-0.2, 0) is 9.59 Å². The van der Waals surface area contributed by atoms with Gasteiger partial charge in [0.1, 0.15) is 0 Å². The maximum absolute atomic E-state index is 12.7. The van der Waals surface area contributed by atoms with Crippen LogP contribution >= 0.6 is 11.3 Å². The van der Waals surface area contributed by atoms with Gasteiger partial charge in [0.25, 0.3) is 0 Å². The number of thiazole rings is 1. The van der Waals surface area contributed by atoms with Crippen molar-refractivity contribution in [2.75, 3.05) is 10.6 Å². The molecule has 0 aliphatic heterocycles. The van der Waals surface area contributed by atoms with Crippen LogP contribution < -0.4 is 15.4 Å². The SMILES string of the molecule is O=C(CC1(CC(=O)Nc2ccccc2OC(F)(F)F)CCCCC1)Nc1nccs1. The fourth-order valence-electron chi connectivity index (χ4n) is 3.83. The molecule has 0 spiro atoms. The molecule has 1 saturated carbocycles. The van der Waals surface area contributed by atoms with E-state index in [9.17, 15) is 22.8 Å². The molecule has 10 heteroatoms. The summed E-state index contributed by atoms with van der Waals surface area (Å²) in [5.74, 6) is -1.14. The quantitative estimate of drug-likeness (QED) is 0.607. The molecule has 0 unspecified atom stereocenters. The summed E-state index contributed by atoms with van der Waals surface area (Å²) < 4.78 is 41.8. The van der Waals surface area contributed by atoms with Crippen LogP contribution in [0.3, 0.4) is 0 Å². The second kappa shape index (κ2) is 9.46. The Bertz CT molecular complexity index is 866. The summed E-state index contributed by atoms with van der Waals surface area (Å²) in [5.41, 5.74) is -0.596. The largest absolute Gasteiger partial charge is 0.573 e. The van der Waals surface area contributed by atoms with Crippen LogP contribution in [0.25, 0.3) is 0 Å². The van der Waals surface area contributed by atoms with Crippen LogP contribution in [0.4, 0.5) is 24.0 Å². The van der Waals surface area contributed by atoms with E-state index < -0.39 is 23.4 Å². The van der Waals surface area contributed by atoms with Gasteiger partial charge in [0.15, 0.2) is 10.9 Å². The van der Waals surface area contributed by atoms with E-state index in [0.29, 0.717) is 18.0 Å². The van der Waals surface area contributed by atoms with Crippen LogP contribution in [0, 0.1) is 5.41 Å². The number of alkyl halides is 3. The maximum Gasteiger partial charge on any atom is 0.573 e. The molecule has 0 saturated heterocycles. The Morgan fingerprint density at radius 2 is 1.73 bits per heavy atom. The third-order valence-corrected chi connectivity index (χ3v) is 5.74. The lowest BCUT2D eigenvalue weighted by atomic mass is 9.69. The Morgan fingerprint density at radius 1 is 1.07 bits per heavy atom. The van der Waals surface area contributed by atoms with Crippen LogP contribution in [0.15, 0.2) is 35.8 Å². The highest BCUT2D eigenvalue weighted by molar-refractivity contribution is 7.13. The van der Waals surface area contributed by atoms with Gasteiger partial charge in [0.05, 0.1) is 5.69 Å². The zero-order valence-corrected chi connectivity index (χ0v) is 16.9. The number of carbonyl (C=O) groups is 2. The van der Waals surface area contributed by atoms with Gasteiger partial charge >= 0.3 is 6.36 Å². The number of rotatable bonds is 7. The summed E-state index contributed by atoms with van der Waals surface area (Å²) in [6, 6.07) is 5.39. The van der Waals surface area contributed by atoms with E-state index >= 15 is 0 Å². The Balaban J connectivity index is 1.68. The minimum atomic E-state index is -4.86. The number of carbonyl (C=O) groups excluding carboxylic acids is 2. The van der Waals surface area contributed by atoms with Gasteiger partial charge in [-0.15, -0.1) is 24.5 Å². The van der Waals surface area contributed by atoms with E-state index in [-0.39, 0.29) is 24.4 Å². The van der Waals surface area contributed by atoms with E-state index in [1.54, 1.807) is 11.6 Å². The predicted molar refractivity (Wildman–Crippen MR) is 107 cm³/mol. The topological polar surface area (TPSA) is 80.3 Å². The number of para-hydroxylation sites is 2. The van der Waals surface area contributed by atoms with Crippen LogP contribution in [0.1, 0.15) is 44.9 Å². The summed E-state index contributed by atoms with van der Waals surface area (Å²) in [4.78, 5) is 29.3. The first kappa shape index (κ1) is 22.1. The Kier molecular flexibility index (Phi) is 6.96. The van der Waals surface area contributed by atoms with Gasteiger partial charge < -0.3 is 15.4 Å². The minimum absolute atomic E-state index is 0.0403. The molecular weight excluding hydrogens is 419 g/mol. The number of halogens is 3. The monoisotopic (exact) mass is 441 g/mol. The molecule has 3 rings (SSSR count). The van der Waals surface area contributed by atoms with E-state index in [4.69, 9.17) is 0 Å². The number of ether oxygens (including phenoxy) is 1. The Hall–Kier alpha value is -2.62. The molecule has 1 aromatic carbocycles. The molecule has 2 N–H and O–H groups in total. The molecule has 1 aromatic heterocycles. The van der Waals surface area contributed by atoms with Gasteiger partial charge in [-0.05, 0) is 30.4 Å². The van der Waals surface area contributed by atoms with Gasteiger partial charge in [-0.25, -0.2) is 4.98 Å². The number of hydrogen-bond donors (Lipinski definition) is 2. The molecule has 30 heavy (non-hydrogen) atoms. The first-order valence-electron chi connectivity index (χ1n) is 9.59. The van der Waals surface area contributed by atoms with Gasteiger partial charge in [-0.3, -0.25) is 9.59 Å². The molecule has 0 radical (unpaired) electrons. The van der Waals surface area contributed by atoms with Crippen LogP contribution in [-0.4, -0.2) is 23.2 Å². The van der Waals surface area contributed by atoms with Crippen molar-refractivity contribution in [3.8, 4) is 5.75 Å². The fourth-order valence-corrected chi connectivity index (χ4v) is 4.37. The third kappa shape index (κ3) is 6.45. The lowest BCUT2D eigenvalue weighted by Gasteiger charge is -2.36. The predicted octanol–water partition coefficient (Wildman–Crippen LogP) is 5.35. The molecule has 0 bridgehead atoms. The van der Waals surface area contributed by atoms with Gasteiger partial charge in [0, 0.05) is 24.4 Å². The number of aromatic nitrogens is 1. The number of nitrogens with zero attached hydrogens (tertiary/aromatic N) is 1. The maximum atomic E-state index is 12.7. The highest BCUT2D eigenvalue weighted by Crippen LogP contribution is 2.43. The number of nitrogens with one attached hydrogen (secondary N) is 2. The van der Waals surface area contributed by atoms with E-state index in [2.05, 4.69) is 20.4 Å². The lowest BCUT2D eigenvalue weighted by molar-refractivity contribution is -0.274. The summed E-state index contributed by atoms with van der Waals surface area (Å²) >= 11 is 1.31. The number of hydrogen-bond acceptors (Lipinski definition) is 5. The fraction of sp³-hybridized carbons (Fsp3) is 0.450. The molecule has 6 nitrogen and oxygen atoms in total. The number of anilines is 2. The summed E-state index contributed by atoms with van der Waals surface area (Å²) in [6.07, 6.45) is 1.14. The lowest BCUT2D eigenvalue weighted by Crippen LogP contribution is -2.34. The van der Waals surface area contributed by atoms with Gasteiger partial charge in [-0.1, -0.05) is 31.4 Å². The first-order chi connectivity index (χ1) is 14.2. The average molecular weight is 441 g/mol. The molecule has 162 valence electrons. The number of benzene rings is 1.